The van der Waals surface area contributed by atoms with Crippen LogP contribution in [0.1, 0.15) is 35.3 Å². The fraction of sp³-hybridized carbons (Fsp3) is 0.360. The predicted molar refractivity (Wildman–Crippen MR) is 128 cm³/mol. The molecule has 7 nitrogen and oxygen atoms in total. The van der Waals surface area contributed by atoms with E-state index in [1.165, 1.54) is 0 Å². The van der Waals surface area contributed by atoms with Crippen LogP contribution in [0.25, 0.3) is 32.6 Å². The van der Waals surface area contributed by atoms with Crippen LogP contribution < -0.4 is 0 Å². The van der Waals surface area contributed by atoms with E-state index in [4.69, 9.17) is 14.7 Å². The Hall–Kier alpha value is -3.10. The van der Waals surface area contributed by atoms with E-state index in [1.54, 1.807) is 16.2 Å². The number of aryl methyl sites for hydroxylation is 1. The number of aromatic nitrogens is 4. The van der Waals surface area contributed by atoms with Crippen LogP contribution in [0.5, 0.6) is 0 Å². The second-order valence-corrected chi connectivity index (χ2v) is 10.1. The minimum Gasteiger partial charge on any atom is -0.381 e. The summed E-state index contributed by atoms with van der Waals surface area (Å²) in [5.74, 6) is 1.46. The summed E-state index contributed by atoms with van der Waals surface area (Å²) in [5.41, 5.74) is 4.07. The number of hydrogen-bond donors (Lipinski definition) is 0. The second kappa shape index (κ2) is 8.04. The SMILES string of the molecule is Cc1ncc(-c2cc3cccc(-c4nc(C5CCOCC5)n5c4CN(C)C(=O)C5)c3cn2)s1. The summed E-state index contributed by atoms with van der Waals surface area (Å²) in [6.07, 6.45) is 5.71. The predicted octanol–water partition coefficient (Wildman–Crippen LogP) is 4.40. The van der Waals surface area contributed by atoms with Crippen molar-refractivity contribution in [1.29, 1.82) is 0 Å². The molecule has 5 heterocycles. The van der Waals surface area contributed by atoms with Crippen molar-refractivity contribution in [3.05, 3.63) is 53.2 Å². The standard InChI is InChI=1S/C25H25N5O2S/c1-15-26-12-22(33-15)20-10-17-4-3-5-18(19(17)11-27-20)24-21-13-29(2)23(31)14-30(21)25(28-24)16-6-8-32-9-7-16/h3-5,10-12,16H,6-9,13-14H2,1-2H3. The van der Waals surface area contributed by atoms with Crippen molar-refractivity contribution in [1.82, 2.24) is 24.4 Å². The van der Waals surface area contributed by atoms with E-state index in [0.717, 1.165) is 75.2 Å². The molecule has 0 N–H and O–H groups in total. The van der Waals surface area contributed by atoms with Crippen molar-refractivity contribution in [3.63, 3.8) is 0 Å². The molecule has 0 saturated carbocycles. The van der Waals surface area contributed by atoms with Crippen LogP contribution in [0.15, 0.2) is 36.7 Å². The maximum Gasteiger partial charge on any atom is 0.242 e. The number of likely N-dealkylation sites (N-methyl/N-ethyl adjacent to an activating group) is 1. The van der Waals surface area contributed by atoms with E-state index in [1.807, 2.05) is 26.4 Å². The maximum absolute atomic E-state index is 12.6. The van der Waals surface area contributed by atoms with Crippen molar-refractivity contribution in [3.8, 4) is 21.8 Å². The van der Waals surface area contributed by atoms with Crippen LogP contribution in [0.4, 0.5) is 0 Å². The Morgan fingerprint density at radius 2 is 1.97 bits per heavy atom. The van der Waals surface area contributed by atoms with Gasteiger partial charge in [0.2, 0.25) is 5.91 Å². The molecule has 1 aromatic carbocycles. The molecule has 0 unspecified atom stereocenters. The molecule has 8 heteroatoms. The number of hydrogen-bond acceptors (Lipinski definition) is 6. The molecule has 33 heavy (non-hydrogen) atoms. The number of fused-ring (bicyclic) bond motifs is 2. The lowest BCUT2D eigenvalue weighted by atomic mass is 9.99. The number of ether oxygens (including phenoxy) is 1. The number of thiazole rings is 1. The third kappa shape index (κ3) is 3.54. The first kappa shape index (κ1) is 20.5. The monoisotopic (exact) mass is 459 g/mol. The fourth-order valence-electron chi connectivity index (χ4n) is 4.89. The van der Waals surface area contributed by atoms with Gasteiger partial charge in [-0.05, 0) is 31.2 Å². The van der Waals surface area contributed by atoms with Gasteiger partial charge in [-0.25, -0.2) is 9.97 Å². The summed E-state index contributed by atoms with van der Waals surface area (Å²) in [6, 6.07) is 8.45. The number of pyridine rings is 1. The van der Waals surface area contributed by atoms with Crippen molar-refractivity contribution in [2.45, 2.75) is 38.8 Å². The summed E-state index contributed by atoms with van der Waals surface area (Å²) in [6.45, 7) is 4.41. The average molecular weight is 460 g/mol. The topological polar surface area (TPSA) is 73.1 Å². The molecule has 0 bridgehead atoms. The zero-order chi connectivity index (χ0) is 22.5. The average Bonchev–Trinajstić information content (AvgIpc) is 3.43. The van der Waals surface area contributed by atoms with Crippen LogP contribution >= 0.6 is 11.3 Å². The zero-order valence-electron chi connectivity index (χ0n) is 18.7. The maximum atomic E-state index is 12.6. The van der Waals surface area contributed by atoms with E-state index in [9.17, 15) is 4.79 Å². The Bertz CT molecular complexity index is 1370. The first-order valence-electron chi connectivity index (χ1n) is 11.3. The molecule has 3 aromatic heterocycles. The van der Waals surface area contributed by atoms with Gasteiger partial charge in [0.05, 0.1) is 33.5 Å². The minimum absolute atomic E-state index is 0.129. The highest BCUT2D eigenvalue weighted by Crippen LogP contribution is 2.37. The van der Waals surface area contributed by atoms with Crippen LogP contribution in [0, 0.1) is 6.92 Å². The van der Waals surface area contributed by atoms with Crippen molar-refractivity contribution in [2.75, 3.05) is 20.3 Å². The van der Waals surface area contributed by atoms with E-state index in [-0.39, 0.29) is 5.91 Å². The van der Waals surface area contributed by atoms with Crippen LogP contribution in [0.3, 0.4) is 0 Å². The molecule has 6 rings (SSSR count). The molecule has 0 radical (unpaired) electrons. The smallest absolute Gasteiger partial charge is 0.242 e. The normalized spacial score (nSPS) is 17.0. The van der Waals surface area contributed by atoms with E-state index >= 15 is 0 Å². The second-order valence-electron chi connectivity index (χ2n) is 8.83. The Labute approximate surface area is 196 Å². The molecule has 1 fully saturated rings. The Morgan fingerprint density at radius 3 is 2.76 bits per heavy atom. The summed E-state index contributed by atoms with van der Waals surface area (Å²) in [7, 11) is 1.87. The molecule has 2 aliphatic rings. The molecule has 1 amide bonds. The summed E-state index contributed by atoms with van der Waals surface area (Å²) >= 11 is 1.65. The number of amides is 1. The van der Waals surface area contributed by atoms with E-state index < -0.39 is 0 Å². The van der Waals surface area contributed by atoms with Gasteiger partial charge in [-0.2, -0.15) is 0 Å². The van der Waals surface area contributed by atoms with Gasteiger partial charge in [0.25, 0.3) is 0 Å². The number of benzene rings is 1. The number of nitrogens with zero attached hydrogens (tertiary/aromatic N) is 5. The molecule has 168 valence electrons. The number of imidazole rings is 1. The van der Waals surface area contributed by atoms with Gasteiger partial charge < -0.3 is 14.2 Å². The number of carbonyl (C=O) groups is 1. The quantitative estimate of drug-likeness (QED) is 0.454. The lowest BCUT2D eigenvalue weighted by Crippen LogP contribution is -2.37. The lowest BCUT2D eigenvalue weighted by molar-refractivity contribution is -0.132. The molecule has 2 aliphatic heterocycles. The van der Waals surface area contributed by atoms with Gasteiger partial charge in [0.1, 0.15) is 12.4 Å². The fourth-order valence-corrected chi connectivity index (χ4v) is 5.63. The van der Waals surface area contributed by atoms with E-state index in [0.29, 0.717) is 19.0 Å². The first-order chi connectivity index (χ1) is 16.1. The van der Waals surface area contributed by atoms with Crippen molar-refractivity contribution in [2.24, 2.45) is 0 Å². The molecule has 0 atom stereocenters. The van der Waals surface area contributed by atoms with Crippen LogP contribution in [-0.4, -0.2) is 50.6 Å². The van der Waals surface area contributed by atoms with Gasteiger partial charge in [0, 0.05) is 49.5 Å². The van der Waals surface area contributed by atoms with Crippen molar-refractivity contribution < 1.29 is 9.53 Å². The summed E-state index contributed by atoms with van der Waals surface area (Å²) < 4.78 is 7.74. The number of carbonyl (C=O) groups excluding carboxylic acids is 1. The van der Waals surface area contributed by atoms with Crippen LogP contribution in [-0.2, 0) is 22.6 Å². The van der Waals surface area contributed by atoms with Gasteiger partial charge >= 0.3 is 0 Å². The molecule has 0 aliphatic carbocycles. The third-order valence-electron chi connectivity index (χ3n) is 6.69. The van der Waals surface area contributed by atoms with Gasteiger partial charge in [-0.3, -0.25) is 9.78 Å². The van der Waals surface area contributed by atoms with Gasteiger partial charge in [0.15, 0.2) is 0 Å². The third-order valence-corrected chi connectivity index (χ3v) is 7.62. The lowest BCUT2D eigenvalue weighted by Gasteiger charge is -2.28. The van der Waals surface area contributed by atoms with E-state index in [2.05, 4.69) is 33.8 Å². The molecular weight excluding hydrogens is 434 g/mol. The highest BCUT2D eigenvalue weighted by molar-refractivity contribution is 7.15. The Morgan fingerprint density at radius 1 is 1.12 bits per heavy atom. The Kier molecular flexibility index (Phi) is 4.99. The molecule has 0 spiro atoms. The Balaban J connectivity index is 1.50. The zero-order valence-corrected chi connectivity index (χ0v) is 19.6. The summed E-state index contributed by atoms with van der Waals surface area (Å²) in [4.78, 5) is 29.7. The minimum atomic E-state index is 0.129. The largest absolute Gasteiger partial charge is 0.381 e. The molecular formula is C25H25N5O2S. The van der Waals surface area contributed by atoms with Crippen molar-refractivity contribution >= 4 is 28.0 Å². The van der Waals surface area contributed by atoms with Crippen LogP contribution in [0.2, 0.25) is 0 Å². The first-order valence-corrected chi connectivity index (χ1v) is 12.1. The summed E-state index contributed by atoms with van der Waals surface area (Å²) in [5, 5.41) is 3.23. The number of rotatable bonds is 3. The molecule has 1 saturated heterocycles. The van der Waals surface area contributed by atoms with Gasteiger partial charge in [-0.1, -0.05) is 18.2 Å². The highest BCUT2D eigenvalue weighted by atomic mass is 32.1. The van der Waals surface area contributed by atoms with Gasteiger partial charge in [-0.15, -0.1) is 11.3 Å². The highest BCUT2D eigenvalue weighted by Gasteiger charge is 2.31. The molecule has 4 aromatic rings.